The number of nitrogen functional groups attached to an aromatic ring is 1. The summed E-state index contributed by atoms with van der Waals surface area (Å²) in [6.07, 6.45) is 0. The van der Waals surface area contributed by atoms with Gasteiger partial charge in [-0.15, -0.1) is 0 Å². The third-order valence-electron chi connectivity index (χ3n) is 5.77. The zero-order valence-corrected chi connectivity index (χ0v) is 18.2. The van der Waals surface area contributed by atoms with Crippen molar-refractivity contribution in [3.8, 4) is 11.3 Å². The SMILES string of the molecule is Cc1nc2nc(N)cc(-c3cc4cc(C(=O)N(C)Cc5ccccc5C)ccc4[nH]3)c2[nH]1. The van der Waals surface area contributed by atoms with Gasteiger partial charge in [0.1, 0.15) is 11.6 Å². The molecule has 4 N–H and O–H groups in total. The molecule has 0 saturated carbocycles. The number of carbonyl (C=O) groups is 1. The molecule has 0 atom stereocenters. The molecular formula is C25H24N6O. The Bertz CT molecular complexity index is 1480. The van der Waals surface area contributed by atoms with Crippen molar-refractivity contribution in [2.45, 2.75) is 20.4 Å². The molecule has 0 bridgehead atoms. The third-order valence-corrected chi connectivity index (χ3v) is 5.77. The Labute approximate surface area is 185 Å². The van der Waals surface area contributed by atoms with Gasteiger partial charge in [0, 0.05) is 41.3 Å². The number of carbonyl (C=O) groups excluding carboxylic acids is 1. The standard InChI is InChI=1S/C25H24N6O/c1-14-6-4-5-7-17(14)13-31(3)25(32)16-8-9-20-18(10-16)11-21(29-20)19-12-22(26)30-24-23(19)27-15(2)28-24/h4-12,29H,13H2,1-3H3,(H3,26,27,28,30). The summed E-state index contributed by atoms with van der Waals surface area (Å²) in [5.74, 6) is 1.17. The number of hydrogen-bond donors (Lipinski definition) is 3. The molecule has 2 aromatic carbocycles. The van der Waals surface area contributed by atoms with E-state index < -0.39 is 0 Å². The van der Waals surface area contributed by atoms with Crippen molar-refractivity contribution in [3.63, 3.8) is 0 Å². The molecule has 1 amide bonds. The summed E-state index contributed by atoms with van der Waals surface area (Å²) < 4.78 is 0. The normalized spacial score (nSPS) is 11.3. The smallest absolute Gasteiger partial charge is 0.253 e. The lowest BCUT2D eigenvalue weighted by Crippen LogP contribution is -2.26. The summed E-state index contributed by atoms with van der Waals surface area (Å²) in [6.45, 7) is 4.51. The van der Waals surface area contributed by atoms with E-state index in [2.05, 4.69) is 39.0 Å². The number of anilines is 1. The molecule has 0 saturated heterocycles. The number of fused-ring (bicyclic) bond motifs is 2. The maximum Gasteiger partial charge on any atom is 0.253 e. The Morgan fingerprint density at radius 3 is 2.66 bits per heavy atom. The second-order valence-electron chi connectivity index (χ2n) is 8.19. The number of amides is 1. The third kappa shape index (κ3) is 3.47. The number of hydrogen-bond acceptors (Lipinski definition) is 4. The second-order valence-corrected chi connectivity index (χ2v) is 8.19. The molecule has 5 aromatic rings. The maximum atomic E-state index is 13.1. The summed E-state index contributed by atoms with van der Waals surface area (Å²) in [5.41, 5.74) is 13.1. The van der Waals surface area contributed by atoms with Crippen molar-refractivity contribution in [2.75, 3.05) is 12.8 Å². The predicted molar refractivity (Wildman–Crippen MR) is 127 cm³/mol. The molecule has 7 heteroatoms. The van der Waals surface area contributed by atoms with Crippen LogP contribution in [0.5, 0.6) is 0 Å². The summed E-state index contributed by atoms with van der Waals surface area (Å²) in [5, 5.41) is 0.954. The van der Waals surface area contributed by atoms with Crippen LogP contribution in [0.25, 0.3) is 33.3 Å². The number of rotatable bonds is 4. The first-order valence-electron chi connectivity index (χ1n) is 10.4. The maximum absolute atomic E-state index is 13.1. The summed E-state index contributed by atoms with van der Waals surface area (Å²) >= 11 is 0. The number of nitrogens with two attached hydrogens (primary N) is 1. The molecule has 3 aromatic heterocycles. The fraction of sp³-hybridized carbons (Fsp3) is 0.160. The van der Waals surface area contributed by atoms with Crippen molar-refractivity contribution < 1.29 is 4.79 Å². The summed E-state index contributed by atoms with van der Waals surface area (Å²) in [4.78, 5) is 30.2. The Balaban J connectivity index is 1.48. The van der Waals surface area contributed by atoms with Gasteiger partial charge in [-0.2, -0.15) is 0 Å². The van der Waals surface area contributed by atoms with E-state index in [1.807, 2.05) is 56.4 Å². The van der Waals surface area contributed by atoms with Crippen LogP contribution < -0.4 is 5.73 Å². The van der Waals surface area contributed by atoms with Gasteiger partial charge in [-0.3, -0.25) is 4.79 Å². The summed E-state index contributed by atoms with van der Waals surface area (Å²) in [6, 6.07) is 17.7. The number of nitrogens with zero attached hydrogens (tertiary/aromatic N) is 3. The van der Waals surface area contributed by atoms with Crippen molar-refractivity contribution in [1.29, 1.82) is 0 Å². The van der Waals surface area contributed by atoms with E-state index in [0.717, 1.165) is 39.1 Å². The van der Waals surface area contributed by atoms with Crippen LogP contribution >= 0.6 is 0 Å². The molecule has 0 aliphatic rings. The highest BCUT2D eigenvalue weighted by Gasteiger charge is 2.16. The van der Waals surface area contributed by atoms with Crippen LogP contribution in [0.3, 0.4) is 0 Å². The van der Waals surface area contributed by atoms with E-state index in [9.17, 15) is 4.79 Å². The van der Waals surface area contributed by atoms with Crippen LogP contribution in [0.4, 0.5) is 5.82 Å². The van der Waals surface area contributed by atoms with E-state index in [1.54, 1.807) is 4.90 Å². The van der Waals surface area contributed by atoms with Crippen molar-refractivity contribution in [3.05, 3.63) is 77.1 Å². The zero-order chi connectivity index (χ0) is 22.4. The van der Waals surface area contributed by atoms with Crippen LogP contribution in [-0.2, 0) is 6.54 Å². The van der Waals surface area contributed by atoms with Gasteiger partial charge in [0.05, 0.1) is 5.52 Å². The van der Waals surface area contributed by atoms with Gasteiger partial charge in [-0.25, -0.2) is 9.97 Å². The number of aromatic nitrogens is 4. The van der Waals surface area contributed by atoms with Gasteiger partial charge in [-0.1, -0.05) is 24.3 Å². The molecule has 32 heavy (non-hydrogen) atoms. The molecule has 0 aliphatic carbocycles. The molecule has 0 aliphatic heterocycles. The number of pyridine rings is 1. The van der Waals surface area contributed by atoms with Crippen LogP contribution in [0.2, 0.25) is 0 Å². The number of nitrogens with one attached hydrogen (secondary N) is 2. The first kappa shape index (κ1) is 19.8. The quantitative estimate of drug-likeness (QED) is 0.393. The van der Waals surface area contributed by atoms with E-state index in [0.29, 0.717) is 23.6 Å². The Kier molecular flexibility index (Phi) is 4.66. The van der Waals surface area contributed by atoms with E-state index in [4.69, 9.17) is 5.73 Å². The molecule has 0 fully saturated rings. The average Bonchev–Trinajstić information content (AvgIpc) is 3.36. The van der Waals surface area contributed by atoms with Gasteiger partial charge in [0.2, 0.25) is 0 Å². The number of H-pyrrole nitrogens is 2. The zero-order valence-electron chi connectivity index (χ0n) is 18.2. The lowest BCUT2D eigenvalue weighted by atomic mass is 10.1. The largest absolute Gasteiger partial charge is 0.384 e. The van der Waals surface area contributed by atoms with Crippen molar-refractivity contribution >= 4 is 33.8 Å². The minimum atomic E-state index is -0.0161. The van der Waals surface area contributed by atoms with Crippen molar-refractivity contribution in [2.24, 2.45) is 0 Å². The first-order chi connectivity index (χ1) is 15.4. The van der Waals surface area contributed by atoms with Crippen LogP contribution in [0.15, 0.2) is 54.6 Å². The van der Waals surface area contributed by atoms with Crippen molar-refractivity contribution in [1.82, 2.24) is 24.8 Å². The van der Waals surface area contributed by atoms with Crippen LogP contribution in [-0.4, -0.2) is 37.8 Å². The lowest BCUT2D eigenvalue weighted by molar-refractivity contribution is 0.0785. The molecular weight excluding hydrogens is 400 g/mol. The van der Waals surface area contributed by atoms with E-state index >= 15 is 0 Å². The minimum Gasteiger partial charge on any atom is -0.384 e. The topological polar surface area (TPSA) is 104 Å². The average molecular weight is 425 g/mol. The Hall–Kier alpha value is -4.13. The number of benzene rings is 2. The molecule has 160 valence electrons. The molecule has 5 rings (SSSR count). The fourth-order valence-corrected chi connectivity index (χ4v) is 4.08. The number of imidazole rings is 1. The second kappa shape index (κ2) is 7.53. The van der Waals surface area contributed by atoms with Gasteiger partial charge in [0.25, 0.3) is 5.91 Å². The number of aryl methyl sites for hydroxylation is 2. The molecule has 0 radical (unpaired) electrons. The summed E-state index contributed by atoms with van der Waals surface area (Å²) in [7, 11) is 1.83. The van der Waals surface area contributed by atoms with Gasteiger partial charge in [0.15, 0.2) is 5.65 Å². The van der Waals surface area contributed by atoms with Gasteiger partial charge < -0.3 is 20.6 Å². The fourth-order valence-electron chi connectivity index (χ4n) is 4.08. The monoisotopic (exact) mass is 424 g/mol. The molecule has 0 spiro atoms. The highest BCUT2D eigenvalue weighted by Crippen LogP contribution is 2.31. The minimum absolute atomic E-state index is 0.0161. The van der Waals surface area contributed by atoms with E-state index in [-0.39, 0.29) is 5.91 Å². The van der Waals surface area contributed by atoms with Gasteiger partial charge >= 0.3 is 0 Å². The van der Waals surface area contributed by atoms with Crippen LogP contribution in [0, 0.1) is 13.8 Å². The Morgan fingerprint density at radius 2 is 1.84 bits per heavy atom. The molecule has 0 unspecified atom stereocenters. The van der Waals surface area contributed by atoms with Gasteiger partial charge in [-0.05, 0) is 55.3 Å². The highest BCUT2D eigenvalue weighted by molar-refractivity contribution is 6.00. The first-order valence-corrected chi connectivity index (χ1v) is 10.4. The number of aromatic amines is 2. The Morgan fingerprint density at radius 1 is 1.03 bits per heavy atom. The van der Waals surface area contributed by atoms with Crippen LogP contribution in [0.1, 0.15) is 27.3 Å². The molecule has 3 heterocycles. The highest BCUT2D eigenvalue weighted by atomic mass is 16.2. The predicted octanol–water partition coefficient (Wildman–Crippen LogP) is 4.58. The van der Waals surface area contributed by atoms with E-state index in [1.165, 1.54) is 5.56 Å². The molecule has 7 nitrogen and oxygen atoms in total. The lowest BCUT2D eigenvalue weighted by Gasteiger charge is -2.18.